The van der Waals surface area contributed by atoms with E-state index in [0.29, 0.717) is 0 Å². The Kier molecular flexibility index (Phi) is 7.94. The van der Waals surface area contributed by atoms with Crippen molar-refractivity contribution in [3.63, 3.8) is 0 Å². The Bertz CT molecular complexity index is 142. The summed E-state index contributed by atoms with van der Waals surface area (Å²) >= 11 is 5.16. The van der Waals surface area contributed by atoms with Crippen LogP contribution >= 0.6 is 11.6 Å². The predicted molar refractivity (Wildman–Crippen MR) is 46.5 cm³/mol. The third kappa shape index (κ3) is 9.23. The van der Waals surface area contributed by atoms with Crippen molar-refractivity contribution in [2.24, 2.45) is 11.1 Å². The van der Waals surface area contributed by atoms with E-state index in [1.54, 1.807) is 20.8 Å². The van der Waals surface area contributed by atoms with Gasteiger partial charge in [-0.25, -0.2) is 0 Å². The quantitative estimate of drug-likeness (QED) is 0.384. The Morgan fingerprint density at radius 3 is 2.00 bits per heavy atom. The standard InChI is InChI=1S/C6H11ClO2.CH3NO/c1-6(2,3)5(8)9-4-7;2-1-3/h4H2,1-3H3;1H,(H2,2,3). The van der Waals surface area contributed by atoms with Gasteiger partial charge >= 0.3 is 5.97 Å². The molecule has 4 nitrogen and oxygen atoms in total. The lowest BCUT2D eigenvalue weighted by Crippen LogP contribution is -2.22. The van der Waals surface area contributed by atoms with E-state index in [1.807, 2.05) is 0 Å². The van der Waals surface area contributed by atoms with Gasteiger partial charge in [0.05, 0.1) is 5.41 Å². The number of hydrogen-bond donors (Lipinski definition) is 1. The summed E-state index contributed by atoms with van der Waals surface area (Å²) < 4.78 is 4.53. The van der Waals surface area contributed by atoms with Crippen LogP contribution < -0.4 is 5.73 Å². The van der Waals surface area contributed by atoms with Gasteiger partial charge in [0.25, 0.3) is 0 Å². The predicted octanol–water partition coefficient (Wildman–Crippen LogP) is 0.873. The van der Waals surface area contributed by atoms with E-state index in [0.717, 1.165) is 0 Å². The van der Waals surface area contributed by atoms with Crippen LogP contribution in [0.2, 0.25) is 0 Å². The zero-order valence-electron chi connectivity index (χ0n) is 7.46. The third-order valence-electron chi connectivity index (χ3n) is 0.798. The highest BCUT2D eigenvalue weighted by molar-refractivity contribution is 6.17. The molecule has 0 atom stereocenters. The minimum Gasteiger partial charge on any atom is -0.449 e. The van der Waals surface area contributed by atoms with E-state index in [9.17, 15) is 4.79 Å². The van der Waals surface area contributed by atoms with Gasteiger partial charge in [-0.1, -0.05) is 11.6 Å². The molecule has 2 N–H and O–H groups in total. The Labute approximate surface area is 77.0 Å². The second kappa shape index (κ2) is 6.91. The highest BCUT2D eigenvalue weighted by Crippen LogP contribution is 2.14. The van der Waals surface area contributed by atoms with E-state index in [1.165, 1.54) is 0 Å². The molecule has 0 aromatic carbocycles. The summed E-state index contributed by atoms with van der Waals surface area (Å²) in [5, 5.41) is 0. The second-order valence-electron chi connectivity index (χ2n) is 2.93. The van der Waals surface area contributed by atoms with Crippen LogP contribution in [0, 0.1) is 5.41 Å². The maximum Gasteiger partial charge on any atom is 0.312 e. The van der Waals surface area contributed by atoms with Crippen molar-refractivity contribution in [1.82, 2.24) is 0 Å². The Hall–Kier alpha value is -0.770. The summed E-state index contributed by atoms with van der Waals surface area (Å²) in [6.45, 7) is 5.34. The molecule has 0 aromatic rings. The summed E-state index contributed by atoms with van der Waals surface area (Å²) in [5.74, 6) is -0.266. The van der Waals surface area contributed by atoms with Crippen molar-refractivity contribution >= 4 is 24.0 Å². The molecule has 0 heterocycles. The number of carbonyl (C=O) groups excluding carboxylic acids is 2. The number of rotatable bonds is 1. The molecule has 0 saturated heterocycles. The van der Waals surface area contributed by atoms with Crippen LogP contribution in [0.4, 0.5) is 0 Å². The number of carbonyl (C=O) groups is 2. The lowest BCUT2D eigenvalue weighted by molar-refractivity contribution is -0.150. The highest BCUT2D eigenvalue weighted by atomic mass is 35.5. The number of alkyl halides is 1. The second-order valence-corrected chi connectivity index (χ2v) is 3.15. The molecular weight excluding hydrogens is 182 g/mol. The highest BCUT2D eigenvalue weighted by Gasteiger charge is 2.22. The number of amides is 1. The van der Waals surface area contributed by atoms with Crippen LogP contribution in [0.3, 0.4) is 0 Å². The zero-order chi connectivity index (χ0) is 10.2. The van der Waals surface area contributed by atoms with Gasteiger partial charge in [0.15, 0.2) is 6.07 Å². The topological polar surface area (TPSA) is 69.4 Å². The average Bonchev–Trinajstić information content (AvgIpc) is 1.88. The molecule has 5 heteroatoms. The molecule has 0 unspecified atom stereocenters. The first-order valence-electron chi connectivity index (χ1n) is 3.28. The number of hydrogen-bond acceptors (Lipinski definition) is 3. The molecule has 0 saturated carbocycles. The number of halogens is 1. The van der Waals surface area contributed by atoms with Crippen LogP contribution in [0.25, 0.3) is 0 Å². The molecule has 0 aromatic heterocycles. The molecule has 72 valence electrons. The van der Waals surface area contributed by atoms with Gasteiger partial charge in [-0.3, -0.25) is 9.59 Å². The summed E-state index contributed by atoms with van der Waals surface area (Å²) in [4.78, 5) is 19.3. The molecular formula is C7H14ClNO3. The van der Waals surface area contributed by atoms with Crippen LogP contribution in [0.15, 0.2) is 0 Å². The molecule has 0 rings (SSSR count). The van der Waals surface area contributed by atoms with E-state index in [4.69, 9.17) is 16.4 Å². The number of ether oxygens (including phenoxy) is 1. The fourth-order valence-corrected chi connectivity index (χ4v) is 0.365. The first kappa shape index (κ1) is 13.8. The summed E-state index contributed by atoms with van der Waals surface area (Å²) in [6, 6.07) is -0.0594. The normalized spacial score (nSPS) is 9.33. The van der Waals surface area contributed by atoms with Crippen molar-refractivity contribution < 1.29 is 14.3 Å². The smallest absolute Gasteiger partial charge is 0.312 e. The van der Waals surface area contributed by atoms with Crippen LogP contribution in [0.5, 0.6) is 0 Å². The molecule has 0 spiro atoms. The largest absolute Gasteiger partial charge is 0.449 e. The van der Waals surface area contributed by atoms with Crippen LogP contribution in [-0.4, -0.2) is 18.4 Å². The SMILES string of the molecule is CC(C)(C)C(=O)OCCl.NC=O. The van der Waals surface area contributed by atoms with Crippen molar-refractivity contribution in [2.45, 2.75) is 20.8 Å². The van der Waals surface area contributed by atoms with Gasteiger partial charge in [-0.05, 0) is 20.8 Å². The van der Waals surface area contributed by atoms with Gasteiger partial charge in [-0.15, -0.1) is 0 Å². The molecule has 12 heavy (non-hydrogen) atoms. The van der Waals surface area contributed by atoms with Crippen molar-refractivity contribution in [3.8, 4) is 0 Å². The van der Waals surface area contributed by atoms with Crippen LogP contribution in [0.1, 0.15) is 20.8 Å². The Morgan fingerprint density at radius 1 is 1.58 bits per heavy atom. The first-order chi connectivity index (χ1) is 5.40. The maximum absolute atomic E-state index is 10.8. The van der Waals surface area contributed by atoms with Gasteiger partial charge < -0.3 is 10.5 Å². The minimum absolute atomic E-state index is 0.0594. The van der Waals surface area contributed by atoms with E-state index < -0.39 is 5.41 Å². The zero-order valence-corrected chi connectivity index (χ0v) is 8.22. The van der Waals surface area contributed by atoms with E-state index >= 15 is 0 Å². The van der Waals surface area contributed by atoms with Crippen LogP contribution in [-0.2, 0) is 14.3 Å². The van der Waals surface area contributed by atoms with Crippen molar-refractivity contribution in [2.75, 3.05) is 6.07 Å². The maximum atomic E-state index is 10.8. The fourth-order valence-electron chi connectivity index (χ4n) is 0.266. The van der Waals surface area contributed by atoms with E-state index in [2.05, 4.69) is 10.5 Å². The molecule has 0 aliphatic rings. The number of nitrogens with two attached hydrogens (primary N) is 1. The Morgan fingerprint density at radius 2 is 1.92 bits per heavy atom. The molecule has 0 fully saturated rings. The van der Waals surface area contributed by atoms with Gasteiger partial charge in [-0.2, -0.15) is 0 Å². The molecule has 0 aliphatic carbocycles. The Balaban J connectivity index is 0. The minimum atomic E-state index is -0.436. The molecule has 0 aliphatic heterocycles. The number of esters is 1. The van der Waals surface area contributed by atoms with Crippen molar-refractivity contribution in [1.29, 1.82) is 0 Å². The third-order valence-corrected chi connectivity index (χ3v) is 0.907. The number of primary amides is 1. The monoisotopic (exact) mass is 195 g/mol. The van der Waals surface area contributed by atoms with E-state index in [-0.39, 0.29) is 18.4 Å². The summed E-state index contributed by atoms with van der Waals surface area (Å²) in [7, 11) is 0. The van der Waals surface area contributed by atoms with Gasteiger partial charge in [0.2, 0.25) is 6.41 Å². The molecule has 1 amide bonds. The average molecular weight is 196 g/mol. The first-order valence-corrected chi connectivity index (χ1v) is 3.82. The summed E-state index contributed by atoms with van der Waals surface area (Å²) in [6.07, 6.45) is 0.250. The van der Waals surface area contributed by atoms with Crippen molar-refractivity contribution in [3.05, 3.63) is 0 Å². The van der Waals surface area contributed by atoms with Gasteiger partial charge in [0.1, 0.15) is 0 Å². The molecule has 0 bridgehead atoms. The fraction of sp³-hybridized carbons (Fsp3) is 0.714. The lowest BCUT2D eigenvalue weighted by atomic mass is 9.98. The summed E-state index contributed by atoms with van der Waals surface area (Å²) in [5.41, 5.74) is 3.73. The van der Waals surface area contributed by atoms with Gasteiger partial charge in [0, 0.05) is 0 Å². The lowest BCUT2D eigenvalue weighted by Gasteiger charge is -2.14. The molecule has 0 radical (unpaired) electrons.